The quantitative estimate of drug-likeness (QED) is 0.212. The zero-order valence-corrected chi connectivity index (χ0v) is 29.7. The van der Waals surface area contributed by atoms with Crippen LogP contribution in [0.2, 0.25) is 0 Å². The van der Waals surface area contributed by atoms with Crippen molar-refractivity contribution in [3.63, 3.8) is 0 Å². The number of hydrogen-bond donors (Lipinski definition) is 2. The van der Waals surface area contributed by atoms with Gasteiger partial charge in [0.05, 0.1) is 40.4 Å². The molecule has 0 aromatic heterocycles. The lowest BCUT2D eigenvalue weighted by molar-refractivity contribution is -0.144. The fourth-order valence-corrected chi connectivity index (χ4v) is 10.2. The minimum absolute atomic E-state index is 0.0808. The monoisotopic (exact) mass is 737 g/mol. The first-order valence-electron chi connectivity index (χ1n) is 17.6. The molecule has 3 aromatic rings. The van der Waals surface area contributed by atoms with Crippen LogP contribution in [0.4, 0.5) is 5.69 Å². The van der Waals surface area contributed by atoms with Crippen molar-refractivity contribution in [3.8, 4) is 11.5 Å². The molecule has 0 bridgehead atoms. The van der Waals surface area contributed by atoms with E-state index in [0.29, 0.717) is 27.7 Å². The van der Waals surface area contributed by atoms with E-state index in [2.05, 4.69) is 27.4 Å². The summed E-state index contributed by atoms with van der Waals surface area (Å²) >= 11 is 3.51. The number of imide groups is 2. The maximum atomic E-state index is 15.3. The number of likely N-dealkylation sites (tertiary alicyclic amines) is 1. The second kappa shape index (κ2) is 12.4. The predicted molar refractivity (Wildman–Crippen MR) is 190 cm³/mol. The van der Waals surface area contributed by atoms with E-state index in [9.17, 15) is 19.5 Å². The van der Waals surface area contributed by atoms with Crippen molar-refractivity contribution in [2.75, 3.05) is 12.5 Å². The summed E-state index contributed by atoms with van der Waals surface area (Å²) in [6.07, 6.45) is 7.40. The maximum absolute atomic E-state index is 15.3. The molecule has 0 radical (unpaired) electrons. The smallest absolute Gasteiger partial charge is 0.260 e. The molecule has 3 aromatic carbocycles. The molecule has 6 unspecified atom stereocenters. The van der Waals surface area contributed by atoms with E-state index in [-0.39, 0.29) is 41.7 Å². The Kier molecular flexibility index (Phi) is 8.12. The standard InChI is InChI=1S/C40H40BrN3O6/c1-22-13-15-25(16-14-22)42-44-37(47)30-21-29-27(17-18-28-33(29)38(48)43(36(28)46)26-11-7-4-8-12-26)34(23-19-31(41)35(45)32(20-23)50-2)40(30,39(44)49)24-9-5-3-6-10-24/h3,5-6,9-10,13-17,19-20,26,28-30,33-34,42,45H,4,7-8,11-12,18,21H2,1-2H3. The number of methoxy groups -OCH3 is 1. The van der Waals surface area contributed by atoms with Crippen molar-refractivity contribution >= 4 is 45.2 Å². The van der Waals surface area contributed by atoms with E-state index in [1.807, 2.05) is 61.5 Å². The topological polar surface area (TPSA) is 116 Å². The van der Waals surface area contributed by atoms with Gasteiger partial charge in [0, 0.05) is 12.0 Å². The number of hydrogen-bond acceptors (Lipinski definition) is 7. The van der Waals surface area contributed by atoms with Crippen molar-refractivity contribution in [3.05, 3.63) is 99.5 Å². The van der Waals surface area contributed by atoms with Gasteiger partial charge in [-0.2, -0.15) is 5.01 Å². The number of carbonyl (C=O) groups excluding carboxylic acids is 4. The highest BCUT2D eigenvalue weighted by atomic mass is 79.9. The van der Waals surface area contributed by atoms with Crippen LogP contribution in [0.5, 0.6) is 11.5 Å². The van der Waals surface area contributed by atoms with Crippen LogP contribution in [0.25, 0.3) is 0 Å². The van der Waals surface area contributed by atoms with Crippen LogP contribution in [0, 0.1) is 30.6 Å². The number of allylic oxidation sites excluding steroid dienone is 2. The molecular formula is C40H40BrN3O6. The number of aryl methyl sites for hydroxylation is 1. The zero-order valence-electron chi connectivity index (χ0n) is 28.1. The lowest BCUT2D eigenvalue weighted by atomic mass is 9.49. The number of ether oxygens (including phenoxy) is 1. The fraction of sp³-hybridized carbons (Fsp3) is 0.400. The maximum Gasteiger partial charge on any atom is 0.260 e. The largest absolute Gasteiger partial charge is 0.503 e. The summed E-state index contributed by atoms with van der Waals surface area (Å²) in [5, 5.41) is 12.0. The number of anilines is 1. The molecule has 4 fully saturated rings. The molecule has 4 amide bonds. The summed E-state index contributed by atoms with van der Waals surface area (Å²) < 4.78 is 5.98. The van der Waals surface area contributed by atoms with Gasteiger partial charge in [-0.3, -0.25) is 29.5 Å². The minimum Gasteiger partial charge on any atom is -0.503 e. The van der Waals surface area contributed by atoms with Gasteiger partial charge in [-0.1, -0.05) is 78.9 Å². The number of halogens is 1. The molecule has 10 heteroatoms. The predicted octanol–water partition coefficient (Wildman–Crippen LogP) is 6.79. The van der Waals surface area contributed by atoms with Crippen LogP contribution >= 0.6 is 15.9 Å². The highest BCUT2D eigenvalue weighted by molar-refractivity contribution is 9.10. The Morgan fingerprint density at radius 3 is 2.32 bits per heavy atom. The molecule has 6 atom stereocenters. The van der Waals surface area contributed by atoms with E-state index in [0.717, 1.165) is 48.2 Å². The Morgan fingerprint density at radius 2 is 1.62 bits per heavy atom. The number of amides is 4. The molecule has 2 aliphatic heterocycles. The Bertz CT molecular complexity index is 1920. The normalized spacial score (nSPS) is 29.4. The molecule has 0 spiro atoms. The molecule has 8 rings (SSSR count). The van der Waals surface area contributed by atoms with Gasteiger partial charge >= 0.3 is 0 Å². The summed E-state index contributed by atoms with van der Waals surface area (Å²) in [5.74, 6) is -4.03. The van der Waals surface area contributed by atoms with E-state index in [4.69, 9.17) is 4.74 Å². The number of aromatic hydroxyl groups is 1. The van der Waals surface area contributed by atoms with Crippen molar-refractivity contribution in [1.29, 1.82) is 0 Å². The highest BCUT2D eigenvalue weighted by Crippen LogP contribution is 2.64. The highest BCUT2D eigenvalue weighted by Gasteiger charge is 2.70. The zero-order chi connectivity index (χ0) is 34.9. The van der Waals surface area contributed by atoms with E-state index in [1.54, 1.807) is 17.0 Å². The number of benzene rings is 3. The van der Waals surface area contributed by atoms with Gasteiger partial charge < -0.3 is 9.84 Å². The summed E-state index contributed by atoms with van der Waals surface area (Å²) in [6.45, 7) is 1.97. The van der Waals surface area contributed by atoms with Gasteiger partial charge in [0.25, 0.3) is 11.8 Å². The number of carbonyl (C=O) groups is 4. The first-order valence-corrected chi connectivity index (χ1v) is 18.4. The fourth-order valence-electron chi connectivity index (χ4n) is 9.76. The van der Waals surface area contributed by atoms with E-state index in [1.165, 1.54) is 7.11 Å². The minimum atomic E-state index is -1.40. The SMILES string of the molecule is COc1cc(C2C3=CCC4C(=O)N(C5CCCCC5)C(=O)C4C3CC3C(=O)N(Nc4ccc(C)cc4)C(=O)C32c2ccccc2)cc(Br)c1O. The average molecular weight is 739 g/mol. The van der Waals surface area contributed by atoms with E-state index >= 15 is 4.79 Å². The Balaban J connectivity index is 1.33. The van der Waals surface area contributed by atoms with Crippen molar-refractivity contribution in [1.82, 2.24) is 9.91 Å². The van der Waals surface area contributed by atoms with Gasteiger partial charge in [-0.15, -0.1) is 0 Å². The lowest BCUT2D eigenvalue weighted by Gasteiger charge is -2.50. The summed E-state index contributed by atoms with van der Waals surface area (Å²) in [5.41, 5.74) is 5.59. The molecule has 5 aliphatic rings. The molecule has 50 heavy (non-hydrogen) atoms. The average Bonchev–Trinajstić information content (AvgIpc) is 3.51. The van der Waals surface area contributed by atoms with Crippen LogP contribution in [0.15, 0.2) is 82.9 Å². The molecule has 258 valence electrons. The van der Waals surface area contributed by atoms with Crippen LogP contribution in [-0.4, -0.2) is 51.8 Å². The molecule has 3 aliphatic carbocycles. The summed E-state index contributed by atoms with van der Waals surface area (Å²) in [4.78, 5) is 60.2. The second-order valence-electron chi connectivity index (χ2n) is 14.5. The number of fused-ring (bicyclic) bond motifs is 4. The van der Waals surface area contributed by atoms with Gasteiger partial charge in [-0.25, -0.2) is 0 Å². The number of hydrazine groups is 1. The first-order chi connectivity index (χ1) is 24.2. The number of phenolic OH excluding ortho intramolecular Hbond substituents is 1. The van der Waals surface area contributed by atoms with Crippen LogP contribution in [0.1, 0.15) is 67.6 Å². The number of nitrogens with one attached hydrogen (secondary N) is 1. The van der Waals surface area contributed by atoms with Gasteiger partial charge in [0.1, 0.15) is 0 Å². The molecule has 9 nitrogen and oxygen atoms in total. The van der Waals surface area contributed by atoms with Crippen LogP contribution in [0.3, 0.4) is 0 Å². The Hall–Kier alpha value is -4.44. The summed E-state index contributed by atoms with van der Waals surface area (Å²) in [6, 6.07) is 20.3. The molecule has 2 N–H and O–H groups in total. The van der Waals surface area contributed by atoms with Crippen molar-refractivity contribution in [2.45, 2.75) is 69.2 Å². The number of phenols is 1. The third kappa shape index (κ3) is 4.77. The first kappa shape index (κ1) is 32.7. The molecule has 2 heterocycles. The van der Waals surface area contributed by atoms with Crippen LogP contribution in [-0.2, 0) is 24.6 Å². The number of nitrogens with zero attached hydrogens (tertiary/aromatic N) is 2. The molecule has 2 saturated heterocycles. The van der Waals surface area contributed by atoms with E-state index < -0.39 is 40.9 Å². The van der Waals surface area contributed by atoms with Crippen LogP contribution < -0.4 is 10.2 Å². The second-order valence-corrected chi connectivity index (χ2v) is 15.3. The summed E-state index contributed by atoms with van der Waals surface area (Å²) in [7, 11) is 1.47. The van der Waals surface area contributed by atoms with Gasteiger partial charge in [0.2, 0.25) is 11.8 Å². The molecule has 2 saturated carbocycles. The number of rotatable bonds is 6. The van der Waals surface area contributed by atoms with Gasteiger partial charge in [0.15, 0.2) is 11.5 Å². The Labute approximate surface area is 299 Å². The Morgan fingerprint density at radius 1 is 0.900 bits per heavy atom. The third-order valence-corrected chi connectivity index (χ3v) is 12.6. The third-order valence-electron chi connectivity index (χ3n) is 12.0. The van der Waals surface area contributed by atoms with Crippen molar-refractivity contribution in [2.24, 2.45) is 23.7 Å². The lowest BCUT2D eigenvalue weighted by Crippen LogP contribution is -2.53. The van der Waals surface area contributed by atoms with Crippen molar-refractivity contribution < 1.29 is 29.0 Å². The van der Waals surface area contributed by atoms with Gasteiger partial charge in [-0.05, 0) is 89.8 Å². The molecular weight excluding hydrogens is 698 g/mol.